The number of carbonyl (C=O) groups excluding carboxylic acids is 2. The number of alkyl halides is 7. The highest BCUT2D eigenvalue weighted by Gasteiger charge is 2.73. The number of hydrogen-bond acceptors (Lipinski definition) is 2. The van der Waals surface area contributed by atoms with E-state index in [4.69, 9.17) is 0 Å². The van der Waals surface area contributed by atoms with Gasteiger partial charge in [0.1, 0.15) is 0 Å². The molecule has 0 saturated carbocycles. The van der Waals surface area contributed by atoms with Gasteiger partial charge in [-0.15, -0.1) is 0 Å². The first-order chi connectivity index (χ1) is 14.1. The van der Waals surface area contributed by atoms with E-state index in [2.05, 4.69) is 10.6 Å². The molecule has 0 radical (unpaired) electrons. The van der Waals surface area contributed by atoms with Crippen molar-refractivity contribution in [2.24, 2.45) is 0 Å². The predicted molar refractivity (Wildman–Crippen MR) is 99.5 cm³/mol. The van der Waals surface area contributed by atoms with Crippen LogP contribution in [-0.4, -0.2) is 24.2 Å². The number of benzene rings is 2. The summed E-state index contributed by atoms with van der Waals surface area (Å²) in [6, 6.07) is 6.50. The van der Waals surface area contributed by atoms with E-state index in [0.29, 0.717) is 17.8 Å². The summed E-state index contributed by atoms with van der Waals surface area (Å²) in [5.41, 5.74) is -7.28. The minimum atomic E-state index is -6.24. The molecular weight excluding hydrogens is 433 g/mol. The van der Waals surface area contributed by atoms with Crippen molar-refractivity contribution < 1.29 is 40.3 Å². The quantitative estimate of drug-likeness (QED) is 0.579. The fourth-order valence-electron chi connectivity index (χ4n) is 2.97. The van der Waals surface area contributed by atoms with Crippen LogP contribution in [0.2, 0.25) is 0 Å². The second-order valence-corrected chi connectivity index (χ2v) is 6.86. The SMILES string of the molecule is CC(=O)Nc1cccc(C(=O)Nc2c(C)cc(C(F)(C(F)(F)F)C(F)(F)F)cc2C)c1. The number of aryl methyl sites for hydroxylation is 2. The maximum absolute atomic E-state index is 14.3. The fourth-order valence-corrected chi connectivity index (χ4v) is 2.97. The maximum Gasteiger partial charge on any atom is 0.435 e. The number of halogens is 7. The second kappa shape index (κ2) is 8.20. The van der Waals surface area contributed by atoms with E-state index >= 15 is 0 Å². The van der Waals surface area contributed by atoms with Crippen molar-refractivity contribution >= 4 is 23.2 Å². The van der Waals surface area contributed by atoms with Crippen LogP contribution in [0.1, 0.15) is 34.0 Å². The van der Waals surface area contributed by atoms with Gasteiger partial charge in [-0.1, -0.05) is 18.2 Å². The zero-order valence-corrected chi connectivity index (χ0v) is 16.4. The first-order valence-electron chi connectivity index (χ1n) is 8.71. The smallest absolute Gasteiger partial charge is 0.326 e. The van der Waals surface area contributed by atoms with Gasteiger partial charge in [0.05, 0.1) is 0 Å². The average Bonchev–Trinajstić information content (AvgIpc) is 2.61. The number of carbonyl (C=O) groups is 2. The number of amides is 2. The molecular formula is C20H17F7N2O2. The molecule has 0 aromatic heterocycles. The van der Waals surface area contributed by atoms with Gasteiger partial charge in [0.2, 0.25) is 5.91 Å². The van der Waals surface area contributed by atoms with Gasteiger partial charge < -0.3 is 10.6 Å². The highest BCUT2D eigenvalue weighted by atomic mass is 19.4. The third kappa shape index (κ3) is 4.80. The molecule has 0 aliphatic carbocycles. The molecule has 0 aliphatic heterocycles. The van der Waals surface area contributed by atoms with E-state index < -0.39 is 29.5 Å². The molecule has 2 amide bonds. The molecule has 0 spiro atoms. The predicted octanol–water partition coefficient (Wildman–Crippen LogP) is 5.80. The van der Waals surface area contributed by atoms with E-state index in [1.165, 1.54) is 31.2 Å². The topological polar surface area (TPSA) is 58.2 Å². The van der Waals surface area contributed by atoms with E-state index in [1.807, 2.05) is 0 Å². The van der Waals surface area contributed by atoms with Crippen molar-refractivity contribution in [2.45, 2.75) is 38.8 Å². The third-order valence-electron chi connectivity index (χ3n) is 4.40. The van der Waals surface area contributed by atoms with Gasteiger partial charge in [-0.3, -0.25) is 9.59 Å². The van der Waals surface area contributed by atoms with Crippen molar-refractivity contribution in [3.05, 3.63) is 58.7 Å². The van der Waals surface area contributed by atoms with Crippen LogP contribution >= 0.6 is 0 Å². The van der Waals surface area contributed by atoms with Crippen LogP contribution in [0.3, 0.4) is 0 Å². The van der Waals surface area contributed by atoms with Crippen molar-refractivity contribution in [3.8, 4) is 0 Å². The number of hydrogen-bond donors (Lipinski definition) is 2. The lowest BCUT2D eigenvalue weighted by molar-refractivity contribution is -0.348. The normalized spacial score (nSPS) is 12.5. The molecule has 0 unspecified atom stereocenters. The average molecular weight is 450 g/mol. The number of rotatable bonds is 4. The molecule has 2 N–H and O–H groups in total. The molecule has 168 valence electrons. The van der Waals surface area contributed by atoms with Crippen LogP contribution in [0, 0.1) is 13.8 Å². The Morgan fingerprint density at radius 1 is 0.806 bits per heavy atom. The van der Waals surface area contributed by atoms with Crippen LogP contribution in [0.4, 0.5) is 42.1 Å². The van der Waals surface area contributed by atoms with Crippen LogP contribution < -0.4 is 10.6 Å². The van der Waals surface area contributed by atoms with Crippen LogP contribution in [0.25, 0.3) is 0 Å². The first kappa shape index (κ1) is 24.2. The van der Waals surface area contributed by atoms with Crippen LogP contribution in [0.5, 0.6) is 0 Å². The summed E-state index contributed by atoms with van der Waals surface area (Å²) in [6.45, 7) is 3.55. The fraction of sp³-hybridized carbons (Fsp3) is 0.300. The maximum atomic E-state index is 14.3. The summed E-state index contributed by atoms with van der Waals surface area (Å²) in [6.07, 6.45) is -12.5. The Balaban J connectivity index is 2.43. The van der Waals surface area contributed by atoms with Gasteiger partial charge in [-0.05, 0) is 43.2 Å². The standard InChI is InChI=1S/C20H17F7N2O2/c1-10-7-14(18(21,19(22,23)24)20(25,26)27)8-11(2)16(10)29-17(31)13-5-4-6-15(9-13)28-12(3)30/h4-9H,1-3H3,(H,28,30)(H,29,31). The Kier molecular flexibility index (Phi) is 6.39. The number of anilines is 2. The summed E-state index contributed by atoms with van der Waals surface area (Å²) < 4.78 is 92.4. The zero-order chi connectivity index (χ0) is 23.8. The van der Waals surface area contributed by atoms with Gasteiger partial charge in [0.15, 0.2) is 0 Å². The Labute approximate surface area is 172 Å². The summed E-state index contributed by atoms with van der Waals surface area (Å²) in [4.78, 5) is 23.6. The minimum absolute atomic E-state index is 0.0645. The largest absolute Gasteiger partial charge is 0.435 e. The second-order valence-electron chi connectivity index (χ2n) is 6.86. The van der Waals surface area contributed by atoms with Gasteiger partial charge in [-0.2, -0.15) is 26.3 Å². The molecule has 0 atom stereocenters. The summed E-state index contributed by atoms with van der Waals surface area (Å²) in [7, 11) is 0. The molecule has 0 fully saturated rings. The monoisotopic (exact) mass is 450 g/mol. The van der Waals surface area contributed by atoms with Gasteiger partial charge >= 0.3 is 18.0 Å². The summed E-state index contributed by atoms with van der Waals surface area (Å²) in [5.74, 6) is -1.12. The molecule has 31 heavy (non-hydrogen) atoms. The van der Waals surface area contributed by atoms with Crippen molar-refractivity contribution in [2.75, 3.05) is 10.6 Å². The molecule has 0 bridgehead atoms. The van der Waals surface area contributed by atoms with Gasteiger partial charge in [-0.25, -0.2) is 4.39 Å². The van der Waals surface area contributed by atoms with E-state index in [0.717, 1.165) is 13.8 Å². The van der Waals surface area contributed by atoms with Crippen molar-refractivity contribution in [1.82, 2.24) is 0 Å². The molecule has 2 aromatic rings. The summed E-state index contributed by atoms with van der Waals surface area (Å²) in [5, 5.41) is 4.86. The van der Waals surface area contributed by atoms with E-state index in [-0.39, 0.29) is 28.3 Å². The summed E-state index contributed by atoms with van der Waals surface area (Å²) >= 11 is 0. The lowest BCUT2D eigenvalue weighted by Crippen LogP contribution is -2.50. The third-order valence-corrected chi connectivity index (χ3v) is 4.40. The molecule has 2 aromatic carbocycles. The van der Waals surface area contributed by atoms with E-state index in [9.17, 15) is 40.3 Å². The van der Waals surface area contributed by atoms with Crippen molar-refractivity contribution in [3.63, 3.8) is 0 Å². The van der Waals surface area contributed by atoms with Gasteiger partial charge in [0, 0.05) is 29.4 Å². The molecule has 2 rings (SSSR count). The van der Waals surface area contributed by atoms with Crippen LogP contribution in [0.15, 0.2) is 36.4 Å². The highest BCUT2D eigenvalue weighted by Crippen LogP contribution is 2.53. The van der Waals surface area contributed by atoms with Crippen LogP contribution in [-0.2, 0) is 10.5 Å². The van der Waals surface area contributed by atoms with E-state index in [1.54, 1.807) is 0 Å². The zero-order valence-electron chi connectivity index (χ0n) is 16.4. The Morgan fingerprint density at radius 2 is 1.32 bits per heavy atom. The lowest BCUT2D eigenvalue weighted by Gasteiger charge is -2.31. The van der Waals surface area contributed by atoms with Gasteiger partial charge in [0.25, 0.3) is 5.91 Å². The first-order valence-corrected chi connectivity index (χ1v) is 8.71. The molecule has 0 aliphatic rings. The lowest BCUT2D eigenvalue weighted by atomic mass is 9.90. The Morgan fingerprint density at radius 3 is 1.77 bits per heavy atom. The highest BCUT2D eigenvalue weighted by molar-refractivity contribution is 6.06. The molecule has 0 saturated heterocycles. The molecule has 4 nitrogen and oxygen atoms in total. The molecule has 0 heterocycles. The Bertz CT molecular complexity index is 976. The Hall–Kier alpha value is -3.11. The van der Waals surface area contributed by atoms with Crippen molar-refractivity contribution in [1.29, 1.82) is 0 Å². The molecule has 11 heteroatoms. The number of nitrogens with one attached hydrogen (secondary N) is 2. The minimum Gasteiger partial charge on any atom is -0.326 e.